The van der Waals surface area contributed by atoms with E-state index in [1.807, 2.05) is 13.8 Å². The molecule has 0 heterocycles. The molecule has 90 valence electrons. The summed E-state index contributed by atoms with van der Waals surface area (Å²) in [6.45, 7) is 6.98. The summed E-state index contributed by atoms with van der Waals surface area (Å²) >= 11 is 0. The molecule has 0 bridgehead atoms. The van der Waals surface area contributed by atoms with Crippen molar-refractivity contribution < 1.29 is 4.74 Å². The molecule has 0 fully saturated rings. The third-order valence-corrected chi connectivity index (χ3v) is 2.68. The molecule has 2 nitrogen and oxygen atoms in total. The zero-order valence-corrected chi connectivity index (χ0v) is 10.6. The first kappa shape index (κ1) is 13.2. The van der Waals surface area contributed by atoms with Gasteiger partial charge in [0.1, 0.15) is 0 Å². The van der Waals surface area contributed by atoms with Gasteiger partial charge in [0.25, 0.3) is 0 Å². The predicted molar refractivity (Wildman–Crippen MR) is 68.6 cm³/mol. The molecule has 1 aromatic rings. The second kappa shape index (κ2) is 6.66. The maximum absolute atomic E-state index is 6.08. The standard InChI is InChI=1S/C14H23NO/c1-11(2)16-9-8-14(15)10-13-7-5-4-6-12(13)3/h4-7,11,14H,8-10,15H2,1-3H3. The van der Waals surface area contributed by atoms with Gasteiger partial charge >= 0.3 is 0 Å². The van der Waals surface area contributed by atoms with Crippen LogP contribution in [0.15, 0.2) is 24.3 Å². The molecule has 0 spiro atoms. The number of ether oxygens (including phenoxy) is 1. The molecule has 0 aliphatic heterocycles. The number of aryl methyl sites for hydroxylation is 1. The molecule has 0 amide bonds. The van der Waals surface area contributed by atoms with Crippen LogP contribution < -0.4 is 5.73 Å². The van der Waals surface area contributed by atoms with Gasteiger partial charge in [-0.2, -0.15) is 0 Å². The van der Waals surface area contributed by atoms with Gasteiger partial charge in [0.15, 0.2) is 0 Å². The molecular formula is C14H23NO. The third kappa shape index (κ3) is 4.77. The van der Waals surface area contributed by atoms with E-state index in [9.17, 15) is 0 Å². The molecule has 1 aromatic carbocycles. The minimum absolute atomic E-state index is 0.194. The lowest BCUT2D eigenvalue weighted by atomic mass is 10.0. The van der Waals surface area contributed by atoms with Gasteiger partial charge < -0.3 is 10.5 Å². The first-order valence-corrected chi connectivity index (χ1v) is 6.01. The average Bonchev–Trinajstić information content (AvgIpc) is 2.21. The summed E-state index contributed by atoms with van der Waals surface area (Å²) in [5.74, 6) is 0. The zero-order valence-electron chi connectivity index (χ0n) is 10.6. The van der Waals surface area contributed by atoms with Crippen molar-refractivity contribution in [2.24, 2.45) is 5.73 Å². The van der Waals surface area contributed by atoms with Gasteiger partial charge in [0.05, 0.1) is 6.10 Å². The van der Waals surface area contributed by atoms with E-state index in [1.54, 1.807) is 0 Å². The van der Waals surface area contributed by atoms with Crippen molar-refractivity contribution in [3.8, 4) is 0 Å². The summed E-state index contributed by atoms with van der Waals surface area (Å²) < 4.78 is 5.50. The zero-order chi connectivity index (χ0) is 12.0. The summed E-state index contributed by atoms with van der Waals surface area (Å²) in [7, 11) is 0. The van der Waals surface area contributed by atoms with Crippen LogP contribution >= 0.6 is 0 Å². The number of benzene rings is 1. The van der Waals surface area contributed by atoms with Crippen LogP contribution in [0.1, 0.15) is 31.4 Å². The molecule has 0 aliphatic rings. The van der Waals surface area contributed by atoms with Crippen LogP contribution in [0, 0.1) is 6.92 Å². The summed E-state index contributed by atoms with van der Waals surface area (Å²) in [6.07, 6.45) is 2.16. The van der Waals surface area contributed by atoms with Crippen molar-refractivity contribution in [2.75, 3.05) is 6.61 Å². The Morgan fingerprint density at radius 3 is 2.56 bits per heavy atom. The predicted octanol–water partition coefficient (Wildman–Crippen LogP) is 2.68. The second-order valence-electron chi connectivity index (χ2n) is 4.60. The van der Waals surface area contributed by atoms with Gasteiger partial charge in [0, 0.05) is 12.6 Å². The van der Waals surface area contributed by atoms with Crippen LogP contribution in [-0.2, 0) is 11.2 Å². The van der Waals surface area contributed by atoms with Gasteiger partial charge in [0.2, 0.25) is 0 Å². The smallest absolute Gasteiger partial charge is 0.0518 e. The quantitative estimate of drug-likeness (QED) is 0.801. The maximum atomic E-state index is 6.08. The molecule has 0 aromatic heterocycles. The molecule has 0 radical (unpaired) electrons. The SMILES string of the molecule is Cc1ccccc1CC(N)CCOC(C)C. The van der Waals surface area contributed by atoms with Gasteiger partial charge in [-0.25, -0.2) is 0 Å². The van der Waals surface area contributed by atoms with Crippen LogP contribution in [0.4, 0.5) is 0 Å². The van der Waals surface area contributed by atoms with Gasteiger partial charge in [-0.3, -0.25) is 0 Å². The van der Waals surface area contributed by atoms with Crippen LogP contribution in [0.25, 0.3) is 0 Å². The third-order valence-electron chi connectivity index (χ3n) is 2.68. The fraction of sp³-hybridized carbons (Fsp3) is 0.571. The molecule has 0 aliphatic carbocycles. The van der Waals surface area contributed by atoms with Gasteiger partial charge in [-0.1, -0.05) is 24.3 Å². The number of hydrogen-bond acceptors (Lipinski definition) is 2. The molecule has 16 heavy (non-hydrogen) atoms. The van der Waals surface area contributed by atoms with E-state index >= 15 is 0 Å². The van der Waals surface area contributed by atoms with Crippen LogP contribution in [-0.4, -0.2) is 18.8 Å². The molecule has 1 atom stereocenters. The highest BCUT2D eigenvalue weighted by Crippen LogP contribution is 2.10. The largest absolute Gasteiger partial charge is 0.379 e. The van der Waals surface area contributed by atoms with Crippen LogP contribution in [0.2, 0.25) is 0 Å². The normalized spacial score (nSPS) is 13.1. The summed E-state index contributed by atoms with van der Waals surface area (Å²) in [5, 5.41) is 0. The van der Waals surface area contributed by atoms with E-state index in [0.717, 1.165) is 19.4 Å². The fourth-order valence-electron chi connectivity index (χ4n) is 1.68. The fourth-order valence-corrected chi connectivity index (χ4v) is 1.68. The second-order valence-corrected chi connectivity index (χ2v) is 4.60. The molecule has 0 saturated heterocycles. The Morgan fingerprint density at radius 1 is 1.25 bits per heavy atom. The van der Waals surface area contributed by atoms with Crippen molar-refractivity contribution in [3.05, 3.63) is 35.4 Å². The molecule has 2 N–H and O–H groups in total. The summed E-state index contributed by atoms with van der Waals surface area (Å²) in [4.78, 5) is 0. The average molecular weight is 221 g/mol. The van der Waals surface area contributed by atoms with Crippen LogP contribution in [0.3, 0.4) is 0 Å². The minimum Gasteiger partial charge on any atom is -0.379 e. The lowest BCUT2D eigenvalue weighted by Gasteiger charge is -2.14. The number of hydrogen-bond donors (Lipinski definition) is 1. The Balaban J connectivity index is 2.34. The van der Waals surface area contributed by atoms with Gasteiger partial charge in [-0.15, -0.1) is 0 Å². The van der Waals surface area contributed by atoms with Crippen molar-refractivity contribution in [3.63, 3.8) is 0 Å². The van der Waals surface area contributed by atoms with Crippen molar-refractivity contribution in [1.82, 2.24) is 0 Å². The van der Waals surface area contributed by atoms with Crippen molar-refractivity contribution >= 4 is 0 Å². The Kier molecular flexibility index (Phi) is 5.50. The maximum Gasteiger partial charge on any atom is 0.0518 e. The topological polar surface area (TPSA) is 35.2 Å². The van der Waals surface area contributed by atoms with Crippen LogP contribution in [0.5, 0.6) is 0 Å². The highest BCUT2D eigenvalue weighted by Gasteiger charge is 2.06. The lowest BCUT2D eigenvalue weighted by molar-refractivity contribution is 0.0737. The van der Waals surface area contributed by atoms with Crippen molar-refractivity contribution in [1.29, 1.82) is 0 Å². The van der Waals surface area contributed by atoms with E-state index in [0.29, 0.717) is 6.10 Å². The highest BCUT2D eigenvalue weighted by molar-refractivity contribution is 5.26. The van der Waals surface area contributed by atoms with E-state index in [1.165, 1.54) is 11.1 Å². The molecule has 1 rings (SSSR count). The minimum atomic E-state index is 0.194. The molecule has 0 saturated carbocycles. The van der Waals surface area contributed by atoms with E-state index in [-0.39, 0.29) is 6.04 Å². The highest BCUT2D eigenvalue weighted by atomic mass is 16.5. The van der Waals surface area contributed by atoms with E-state index in [4.69, 9.17) is 10.5 Å². The first-order valence-electron chi connectivity index (χ1n) is 6.01. The number of rotatable bonds is 6. The number of nitrogens with two attached hydrogens (primary N) is 1. The van der Waals surface area contributed by atoms with E-state index < -0.39 is 0 Å². The Hall–Kier alpha value is -0.860. The monoisotopic (exact) mass is 221 g/mol. The first-order chi connectivity index (χ1) is 7.59. The Morgan fingerprint density at radius 2 is 1.94 bits per heavy atom. The Labute approximate surface area is 98.8 Å². The molecule has 2 heteroatoms. The van der Waals surface area contributed by atoms with Gasteiger partial charge in [-0.05, 0) is 44.7 Å². The lowest BCUT2D eigenvalue weighted by Crippen LogP contribution is -2.25. The van der Waals surface area contributed by atoms with Crippen molar-refractivity contribution in [2.45, 2.75) is 45.8 Å². The molecule has 1 unspecified atom stereocenters. The van der Waals surface area contributed by atoms with E-state index in [2.05, 4.69) is 31.2 Å². The summed E-state index contributed by atoms with van der Waals surface area (Å²) in [5.41, 5.74) is 8.75. The Bertz CT molecular complexity index is 309. The summed E-state index contributed by atoms with van der Waals surface area (Å²) in [6, 6.07) is 8.61. The molecular weight excluding hydrogens is 198 g/mol.